The molecule has 0 saturated carbocycles. The van der Waals surface area contributed by atoms with E-state index in [4.69, 9.17) is 15.2 Å². The van der Waals surface area contributed by atoms with Gasteiger partial charge in [0.05, 0.1) is 7.11 Å². The van der Waals surface area contributed by atoms with Gasteiger partial charge in [-0.15, -0.1) is 0 Å². The molecule has 124 valence electrons. The standard InChI is InChI=1S/C16H26N2O4/c1-15(2,3)22-14(20)18-10-16(4,9-17)11-7-6-8-12(21-5)13(11)19/h6-8,19H,9-10,17H2,1-5H3,(H,18,20). The first-order valence-electron chi connectivity index (χ1n) is 7.16. The molecule has 0 aliphatic carbocycles. The number of hydrogen-bond donors (Lipinski definition) is 3. The van der Waals surface area contributed by atoms with Crippen molar-refractivity contribution in [1.82, 2.24) is 5.32 Å². The molecule has 0 saturated heterocycles. The van der Waals surface area contributed by atoms with Crippen LogP contribution in [0.2, 0.25) is 0 Å². The van der Waals surface area contributed by atoms with Gasteiger partial charge in [0.25, 0.3) is 0 Å². The van der Waals surface area contributed by atoms with Crippen molar-refractivity contribution in [3.63, 3.8) is 0 Å². The van der Waals surface area contributed by atoms with E-state index >= 15 is 0 Å². The fraction of sp³-hybridized carbons (Fsp3) is 0.562. The lowest BCUT2D eigenvalue weighted by atomic mass is 9.81. The minimum atomic E-state index is -0.643. The van der Waals surface area contributed by atoms with Crippen LogP contribution in [0.3, 0.4) is 0 Å². The van der Waals surface area contributed by atoms with E-state index in [1.54, 1.807) is 39.0 Å². The number of hydrogen-bond acceptors (Lipinski definition) is 5. The van der Waals surface area contributed by atoms with E-state index in [-0.39, 0.29) is 18.8 Å². The second-order valence-corrected chi connectivity index (χ2v) is 6.48. The van der Waals surface area contributed by atoms with Crippen molar-refractivity contribution in [1.29, 1.82) is 0 Å². The fourth-order valence-electron chi connectivity index (χ4n) is 2.03. The Kier molecular flexibility index (Phi) is 5.65. The Hall–Kier alpha value is -1.95. The SMILES string of the molecule is COc1cccc(C(C)(CN)CNC(=O)OC(C)(C)C)c1O. The molecule has 0 bridgehead atoms. The van der Waals surface area contributed by atoms with Crippen LogP contribution >= 0.6 is 0 Å². The van der Waals surface area contributed by atoms with Crippen LogP contribution in [0.4, 0.5) is 4.79 Å². The maximum Gasteiger partial charge on any atom is 0.407 e. The lowest BCUT2D eigenvalue weighted by molar-refractivity contribution is 0.0516. The first-order chi connectivity index (χ1) is 10.1. The predicted molar refractivity (Wildman–Crippen MR) is 85.3 cm³/mol. The first-order valence-corrected chi connectivity index (χ1v) is 7.16. The van der Waals surface area contributed by atoms with Gasteiger partial charge in [-0.2, -0.15) is 0 Å². The van der Waals surface area contributed by atoms with E-state index in [2.05, 4.69) is 5.32 Å². The Morgan fingerprint density at radius 2 is 1.95 bits per heavy atom. The number of amides is 1. The number of carbonyl (C=O) groups excluding carboxylic acids is 1. The summed E-state index contributed by atoms with van der Waals surface area (Å²) >= 11 is 0. The van der Waals surface area contributed by atoms with E-state index in [1.807, 2.05) is 6.92 Å². The Morgan fingerprint density at radius 3 is 2.45 bits per heavy atom. The van der Waals surface area contributed by atoms with Crippen LogP contribution in [0.25, 0.3) is 0 Å². The number of nitrogens with two attached hydrogens (primary N) is 1. The maximum atomic E-state index is 11.8. The third-order valence-electron chi connectivity index (χ3n) is 3.34. The summed E-state index contributed by atoms with van der Waals surface area (Å²) in [5, 5.41) is 13.0. The molecular weight excluding hydrogens is 284 g/mol. The summed E-state index contributed by atoms with van der Waals surface area (Å²) < 4.78 is 10.3. The number of phenols is 1. The number of rotatable bonds is 5. The molecular formula is C16H26N2O4. The number of benzene rings is 1. The fourth-order valence-corrected chi connectivity index (χ4v) is 2.03. The molecule has 1 atom stereocenters. The van der Waals surface area contributed by atoms with Gasteiger partial charge in [-0.3, -0.25) is 0 Å². The van der Waals surface area contributed by atoms with Gasteiger partial charge in [0.2, 0.25) is 0 Å². The van der Waals surface area contributed by atoms with Gasteiger partial charge < -0.3 is 25.6 Å². The molecule has 22 heavy (non-hydrogen) atoms. The van der Waals surface area contributed by atoms with Crippen LogP contribution < -0.4 is 15.8 Å². The van der Waals surface area contributed by atoms with Gasteiger partial charge in [0.15, 0.2) is 11.5 Å². The molecule has 0 aromatic heterocycles. The molecule has 0 radical (unpaired) electrons. The summed E-state index contributed by atoms with van der Waals surface area (Å²) in [5.74, 6) is 0.401. The Balaban J connectivity index is 2.91. The quantitative estimate of drug-likeness (QED) is 0.774. The monoisotopic (exact) mass is 310 g/mol. The molecule has 4 N–H and O–H groups in total. The summed E-state index contributed by atoms with van der Waals surface area (Å²) in [7, 11) is 1.48. The lowest BCUT2D eigenvalue weighted by Crippen LogP contribution is -2.45. The number of carbonyl (C=O) groups is 1. The molecule has 0 aliphatic rings. The average Bonchev–Trinajstić information content (AvgIpc) is 2.43. The number of alkyl carbamates (subject to hydrolysis) is 1. The van der Waals surface area contributed by atoms with Crippen molar-refractivity contribution < 1.29 is 19.4 Å². The zero-order chi connectivity index (χ0) is 17.0. The number of para-hydroxylation sites is 1. The third-order valence-corrected chi connectivity index (χ3v) is 3.34. The van der Waals surface area contributed by atoms with Gasteiger partial charge in [-0.25, -0.2) is 4.79 Å². The van der Waals surface area contributed by atoms with Crippen LogP contribution in [-0.2, 0) is 10.2 Å². The Bertz CT molecular complexity index is 525. The first kappa shape index (κ1) is 18.1. The summed E-state index contributed by atoms with van der Waals surface area (Å²) in [6.07, 6.45) is -0.519. The highest BCUT2D eigenvalue weighted by Gasteiger charge is 2.30. The molecule has 0 fully saturated rings. The van der Waals surface area contributed by atoms with Gasteiger partial charge in [-0.05, 0) is 26.8 Å². The smallest absolute Gasteiger partial charge is 0.407 e. The van der Waals surface area contributed by atoms with Crippen molar-refractivity contribution in [2.75, 3.05) is 20.2 Å². The van der Waals surface area contributed by atoms with E-state index in [0.29, 0.717) is 11.3 Å². The number of phenolic OH excluding ortho intramolecular Hbond substituents is 1. The van der Waals surface area contributed by atoms with Crippen LogP contribution in [0, 0.1) is 0 Å². The van der Waals surface area contributed by atoms with E-state index in [0.717, 1.165) is 0 Å². The topological polar surface area (TPSA) is 93.8 Å². The van der Waals surface area contributed by atoms with Crippen LogP contribution in [0.1, 0.15) is 33.3 Å². The van der Waals surface area contributed by atoms with Crippen molar-refractivity contribution in [3.8, 4) is 11.5 Å². The van der Waals surface area contributed by atoms with Gasteiger partial charge in [-0.1, -0.05) is 19.1 Å². The molecule has 1 unspecified atom stereocenters. The second kappa shape index (κ2) is 6.87. The molecule has 1 aromatic carbocycles. The zero-order valence-electron chi connectivity index (χ0n) is 13.9. The van der Waals surface area contributed by atoms with E-state index < -0.39 is 17.1 Å². The van der Waals surface area contributed by atoms with Gasteiger partial charge in [0, 0.05) is 24.1 Å². The van der Waals surface area contributed by atoms with Gasteiger partial charge in [0.1, 0.15) is 5.60 Å². The minimum absolute atomic E-state index is 0.0314. The number of aromatic hydroxyl groups is 1. The molecule has 1 aromatic rings. The minimum Gasteiger partial charge on any atom is -0.504 e. The van der Waals surface area contributed by atoms with E-state index in [1.165, 1.54) is 7.11 Å². The zero-order valence-corrected chi connectivity index (χ0v) is 13.9. The second-order valence-electron chi connectivity index (χ2n) is 6.48. The molecule has 1 amide bonds. The summed E-state index contributed by atoms with van der Waals surface area (Å²) in [6.45, 7) is 7.72. The normalized spacial score (nSPS) is 14.1. The molecule has 6 heteroatoms. The largest absolute Gasteiger partial charge is 0.504 e. The average molecular weight is 310 g/mol. The summed E-state index contributed by atoms with van der Waals surface area (Å²) in [6, 6.07) is 5.20. The van der Waals surface area contributed by atoms with Crippen LogP contribution in [0.5, 0.6) is 11.5 Å². The highest BCUT2D eigenvalue weighted by molar-refractivity contribution is 5.68. The maximum absolute atomic E-state index is 11.8. The van der Waals surface area contributed by atoms with Crippen molar-refractivity contribution in [2.45, 2.75) is 38.7 Å². The summed E-state index contributed by atoms with van der Waals surface area (Å²) in [4.78, 5) is 11.8. The molecule has 1 rings (SSSR count). The number of ether oxygens (including phenoxy) is 2. The highest BCUT2D eigenvalue weighted by Crippen LogP contribution is 2.37. The molecule has 0 aliphatic heterocycles. The summed E-state index contributed by atoms with van der Waals surface area (Å²) in [5.41, 5.74) is 5.27. The highest BCUT2D eigenvalue weighted by atomic mass is 16.6. The Labute approximate surface area is 131 Å². The molecule has 0 spiro atoms. The van der Waals surface area contributed by atoms with Crippen molar-refractivity contribution in [3.05, 3.63) is 23.8 Å². The predicted octanol–water partition coefficient (Wildman–Crippen LogP) is 2.14. The van der Waals surface area contributed by atoms with Crippen molar-refractivity contribution in [2.24, 2.45) is 5.73 Å². The lowest BCUT2D eigenvalue weighted by Gasteiger charge is -2.30. The number of methoxy groups -OCH3 is 1. The van der Waals surface area contributed by atoms with Gasteiger partial charge >= 0.3 is 6.09 Å². The van der Waals surface area contributed by atoms with Crippen LogP contribution in [0.15, 0.2) is 18.2 Å². The Morgan fingerprint density at radius 1 is 1.32 bits per heavy atom. The number of nitrogens with one attached hydrogen (secondary N) is 1. The molecule has 6 nitrogen and oxygen atoms in total. The van der Waals surface area contributed by atoms with Crippen molar-refractivity contribution >= 4 is 6.09 Å². The third kappa shape index (κ3) is 4.53. The van der Waals surface area contributed by atoms with Crippen LogP contribution in [-0.4, -0.2) is 37.0 Å². The molecule has 0 heterocycles. The van der Waals surface area contributed by atoms with E-state index in [9.17, 15) is 9.90 Å².